The summed E-state index contributed by atoms with van der Waals surface area (Å²) in [5.41, 5.74) is 2.57. The molecule has 1 heterocycles. The standard InChI is InChI=1S/C26H25N3O2/c30-26(31)22-10-6-18-29(19-22)17-4-3-7-20-13-15-23(16-14-20)27-28-25-12-5-9-21-8-1-2-11-24(21)25/h1-2,5,8-9,11-16,22H,4,6,10,17-19H2,(H,30,31)/t22-/m1/s1. The SMILES string of the molecule is O=C(O)[C@@H]1CCCN(CCC#Cc2ccc(N=Nc3cccc4ccccc34)cc2)C1. The smallest absolute Gasteiger partial charge is 0.307 e. The van der Waals surface area contributed by atoms with Crippen molar-refractivity contribution in [1.82, 2.24) is 4.90 Å². The van der Waals surface area contributed by atoms with Gasteiger partial charge in [-0.05, 0) is 55.1 Å². The van der Waals surface area contributed by atoms with E-state index in [1.807, 2.05) is 54.6 Å². The van der Waals surface area contributed by atoms with Crippen molar-refractivity contribution in [3.63, 3.8) is 0 Å². The minimum Gasteiger partial charge on any atom is -0.481 e. The predicted octanol–water partition coefficient (Wildman–Crippen LogP) is 5.79. The molecule has 1 saturated heterocycles. The molecule has 1 fully saturated rings. The van der Waals surface area contributed by atoms with E-state index in [1.54, 1.807) is 0 Å². The molecule has 0 aliphatic carbocycles. The minimum atomic E-state index is -0.687. The summed E-state index contributed by atoms with van der Waals surface area (Å²) in [6.45, 7) is 2.41. The Bertz CT molecular complexity index is 1140. The number of carboxylic acid groups (broad SMARTS) is 1. The number of rotatable bonds is 5. The van der Waals surface area contributed by atoms with Crippen LogP contribution in [0.15, 0.2) is 77.0 Å². The lowest BCUT2D eigenvalue weighted by molar-refractivity contribution is -0.143. The number of carboxylic acids is 1. The van der Waals surface area contributed by atoms with Crippen molar-refractivity contribution < 1.29 is 9.90 Å². The Morgan fingerprint density at radius 3 is 2.68 bits per heavy atom. The van der Waals surface area contributed by atoms with Gasteiger partial charge in [0.2, 0.25) is 0 Å². The van der Waals surface area contributed by atoms with Crippen molar-refractivity contribution in [1.29, 1.82) is 0 Å². The molecule has 31 heavy (non-hydrogen) atoms. The van der Waals surface area contributed by atoms with Gasteiger partial charge in [0.15, 0.2) is 0 Å². The molecule has 3 aromatic rings. The lowest BCUT2D eigenvalue weighted by Gasteiger charge is -2.29. The predicted molar refractivity (Wildman–Crippen MR) is 123 cm³/mol. The highest BCUT2D eigenvalue weighted by molar-refractivity contribution is 5.92. The van der Waals surface area contributed by atoms with Crippen LogP contribution in [-0.2, 0) is 4.79 Å². The van der Waals surface area contributed by atoms with Gasteiger partial charge in [0.25, 0.3) is 0 Å². The molecule has 0 radical (unpaired) electrons. The Morgan fingerprint density at radius 2 is 1.84 bits per heavy atom. The Kier molecular flexibility index (Phi) is 6.71. The van der Waals surface area contributed by atoms with Crippen LogP contribution in [0.1, 0.15) is 24.8 Å². The highest BCUT2D eigenvalue weighted by atomic mass is 16.4. The van der Waals surface area contributed by atoms with Crippen LogP contribution in [0.4, 0.5) is 11.4 Å². The zero-order valence-electron chi connectivity index (χ0n) is 17.4. The number of likely N-dealkylation sites (tertiary alicyclic amines) is 1. The topological polar surface area (TPSA) is 65.3 Å². The van der Waals surface area contributed by atoms with Crippen molar-refractivity contribution in [2.45, 2.75) is 19.3 Å². The summed E-state index contributed by atoms with van der Waals surface area (Å²) >= 11 is 0. The average Bonchev–Trinajstić information content (AvgIpc) is 2.81. The first-order valence-corrected chi connectivity index (χ1v) is 10.6. The number of aliphatic carboxylic acids is 1. The van der Waals surface area contributed by atoms with E-state index in [0.29, 0.717) is 6.54 Å². The molecule has 1 aliphatic heterocycles. The fourth-order valence-corrected chi connectivity index (χ4v) is 3.86. The average molecular weight is 412 g/mol. The van der Waals surface area contributed by atoms with Gasteiger partial charge in [-0.2, -0.15) is 5.11 Å². The second-order valence-electron chi connectivity index (χ2n) is 7.77. The van der Waals surface area contributed by atoms with E-state index < -0.39 is 5.97 Å². The molecule has 0 unspecified atom stereocenters. The largest absolute Gasteiger partial charge is 0.481 e. The second kappa shape index (κ2) is 10.0. The zero-order valence-corrected chi connectivity index (χ0v) is 17.4. The van der Waals surface area contributed by atoms with E-state index in [4.69, 9.17) is 0 Å². The number of hydrogen-bond donors (Lipinski definition) is 1. The molecule has 1 N–H and O–H groups in total. The first kappa shape index (κ1) is 20.8. The molecule has 5 heteroatoms. The summed E-state index contributed by atoms with van der Waals surface area (Å²) in [5.74, 6) is 5.45. The van der Waals surface area contributed by atoms with Crippen molar-refractivity contribution in [2.75, 3.05) is 19.6 Å². The molecular formula is C26H25N3O2. The van der Waals surface area contributed by atoms with E-state index in [-0.39, 0.29) is 5.92 Å². The maximum Gasteiger partial charge on any atom is 0.307 e. The number of carbonyl (C=O) groups is 1. The van der Waals surface area contributed by atoms with Gasteiger partial charge in [-0.1, -0.05) is 48.2 Å². The summed E-state index contributed by atoms with van der Waals surface area (Å²) < 4.78 is 0. The normalized spacial score (nSPS) is 16.8. The highest BCUT2D eigenvalue weighted by Gasteiger charge is 2.24. The molecule has 0 amide bonds. The molecule has 0 aromatic heterocycles. The fraction of sp³-hybridized carbons (Fsp3) is 0.269. The van der Waals surface area contributed by atoms with E-state index in [0.717, 1.165) is 60.1 Å². The van der Waals surface area contributed by atoms with Gasteiger partial charge >= 0.3 is 5.97 Å². The van der Waals surface area contributed by atoms with Crippen LogP contribution in [-0.4, -0.2) is 35.6 Å². The molecule has 4 rings (SSSR count). The number of hydrogen-bond acceptors (Lipinski definition) is 4. The summed E-state index contributed by atoms with van der Waals surface area (Å²) in [5, 5.41) is 20.2. The molecule has 1 atom stereocenters. The van der Waals surface area contributed by atoms with Gasteiger partial charge in [-0.3, -0.25) is 4.79 Å². The Hall–Kier alpha value is -3.49. The third-order valence-electron chi connectivity index (χ3n) is 5.55. The van der Waals surface area contributed by atoms with Gasteiger partial charge in [-0.25, -0.2) is 0 Å². The second-order valence-corrected chi connectivity index (χ2v) is 7.77. The van der Waals surface area contributed by atoms with Gasteiger partial charge in [0.1, 0.15) is 0 Å². The van der Waals surface area contributed by atoms with Gasteiger partial charge in [0.05, 0.1) is 17.3 Å². The lowest BCUT2D eigenvalue weighted by atomic mass is 9.98. The molecular weight excluding hydrogens is 386 g/mol. The van der Waals surface area contributed by atoms with Crippen LogP contribution in [0.3, 0.4) is 0 Å². The first-order valence-electron chi connectivity index (χ1n) is 10.6. The fourth-order valence-electron chi connectivity index (χ4n) is 3.86. The van der Waals surface area contributed by atoms with Crippen LogP contribution >= 0.6 is 0 Å². The van der Waals surface area contributed by atoms with Crippen molar-refractivity contribution in [3.05, 3.63) is 72.3 Å². The Morgan fingerprint density at radius 1 is 1.03 bits per heavy atom. The molecule has 5 nitrogen and oxygen atoms in total. The van der Waals surface area contributed by atoms with Crippen LogP contribution in [0, 0.1) is 17.8 Å². The molecule has 0 saturated carbocycles. The number of piperidine rings is 1. The van der Waals surface area contributed by atoms with E-state index in [2.05, 4.69) is 39.1 Å². The van der Waals surface area contributed by atoms with E-state index in [9.17, 15) is 9.90 Å². The number of fused-ring (bicyclic) bond motifs is 1. The molecule has 156 valence electrons. The van der Waals surface area contributed by atoms with Crippen LogP contribution in [0.2, 0.25) is 0 Å². The monoisotopic (exact) mass is 411 g/mol. The Balaban J connectivity index is 1.33. The van der Waals surface area contributed by atoms with Gasteiger partial charge in [-0.15, -0.1) is 5.11 Å². The Labute approximate surface area is 182 Å². The van der Waals surface area contributed by atoms with Crippen molar-refractivity contribution in [3.8, 4) is 11.8 Å². The third kappa shape index (κ3) is 5.56. The quantitative estimate of drug-likeness (QED) is 0.427. The number of benzene rings is 3. The van der Waals surface area contributed by atoms with Gasteiger partial charge < -0.3 is 10.0 Å². The van der Waals surface area contributed by atoms with Crippen LogP contribution < -0.4 is 0 Å². The number of nitrogens with zero attached hydrogens (tertiary/aromatic N) is 3. The van der Waals surface area contributed by atoms with E-state index >= 15 is 0 Å². The molecule has 0 spiro atoms. The van der Waals surface area contributed by atoms with Gasteiger partial charge in [0, 0.05) is 30.5 Å². The summed E-state index contributed by atoms with van der Waals surface area (Å²) in [7, 11) is 0. The third-order valence-corrected chi connectivity index (χ3v) is 5.55. The van der Waals surface area contributed by atoms with Crippen LogP contribution in [0.5, 0.6) is 0 Å². The summed E-state index contributed by atoms with van der Waals surface area (Å²) in [6.07, 6.45) is 2.45. The molecule has 3 aromatic carbocycles. The first-order chi connectivity index (χ1) is 15.2. The minimum absolute atomic E-state index is 0.239. The summed E-state index contributed by atoms with van der Waals surface area (Å²) in [4.78, 5) is 13.4. The zero-order chi connectivity index (χ0) is 21.5. The highest BCUT2D eigenvalue weighted by Crippen LogP contribution is 2.27. The van der Waals surface area contributed by atoms with Crippen LogP contribution in [0.25, 0.3) is 10.8 Å². The van der Waals surface area contributed by atoms with E-state index in [1.165, 1.54) is 0 Å². The maximum atomic E-state index is 11.2. The molecule has 0 bridgehead atoms. The van der Waals surface area contributed by atoms with Crippen molar-refractivity contribution in [2.24, 2.45) is 16.1 Å². The summed E-state index contributed by atoms with van der Waals surface area (Å²) in [6, 6.07) is 21.9. The maximum absolute atomic E-state index is 11.2. The van der Waals surface area contributed by atoms with Crippen molar-refractivity contribution >= 4 is 28.1 Å². The number of azo groups is 1. The lowest BCUT2D eigenvalue weighted by Crippen LogP contribution is -2.39. The molecule has 1 aliphatic rings.